The first-order valence-electron chi connectivity index (χ1n) is 7.22. The van der Waals surface area contributed by atoms with E-state index in [2.05, 4.69) is 31.9 Å². The number of fused-ring (bicyclic) bond motifs is 1. The molecule has 100 valence electrons. The smallest absolute Gasteiger partial charge is 0.147 e. The number of hydrogen-bond donors (Lipinski definition) is 1. The summed E-state index contributed by atoms with van der Waals surface area (Å²) in [5, 5.41) is 11.9. The second-order valence-electron chi connectivity index (χ2n) is 5.47. The van der Waals surface area contributed by atoms with Gasteiger partial charge in [0, 0.05) is 25.2 Å². The standard InChI is InChI=1S/C13H23N5/c1-2-6-14-11-4-3-5-12(11)17-7-8-18-10-15-16-13(18)9-17/h10-12,14H,2-9H2,1H3. The molecule has 5 nitrogen and oxygen atoms in total. The average molecular weight is 249 g/mol. The molecule has 2 aliphatic rings. The summed E-state index contributed by atoms with van der Waals surface area (Å²) in [6, 6.07) is 1.38. The van der Waals surface area contributed by atoms with Gasteiger partial charge >= 0.3 is 0 Å². The van der Waals surface area contributed by atoms with Crippen molar-refractivity contribution in [1.29, 1.82) is 0 Å². The lowest BCUT2D eigenvalue weighted by Gasteiger charge is -2.35. The van der Waals surface area contributed by atoms with Crippen molar-refractivity contribution in [3.63, 3.8) is 0 Å². The lowest BCUT2D eigenvalue weighted by Crippen LogP contribution is -2.49. The Morgan fingerprint density at radius 3 is 3.22 bits per heavy atom. The largest absolute Gasteiger partial charge is 0.315 e. The fourth-order valence-corrected chi connectivity index (χ4v) is 3.31. The van der Waals surface area contributed by atoms with Crippen LogP contribution in [0.25, 0.3) is 0 Å². The van der Waals surface area contributed by atoms with E-state index < -0.39 is 0 Å². The quantitative estimate of drug-likeness (QED) is 0.865. The van der Waals surface area contributed by atoms with Gasteiger partial charge in [-0.2, -0.15) is 0 Å². The molecule has 0 amide bonds. The molecule has 1 aromatic rings. The number of nitrogens with one attached hydrogen (secondary N) is 1. The molecule has 0 aromatic carbocycles. The molecule has 0 saturated heterocycles. The summed E-state index contributed by atoms with van der Waals surface area (Å²) in [7, 11) is 0. The lowest BCUT2D eigenvalue weighted by atomic mass is 10.1. The van der Waals surface area contributed by atoms with E-state index in [0.29, 0.717) is 12.1 Å². The van der Waals surface area contributed by atoms with Gasteiger partial charge in [-0.3, -0.25) is 4.90 Å². The fraction of sp³-hybridized carbons (Fsp3) is 0.846. The Morgan fingerprint density at radius 1 is 1.39 bits per heavy atom. The highest BCUT2D eigenvalue weighted by Crippen LogP contribution is 2.26. The molecule has 1 aliphatic carbocycles. The Hall–Kier alpha value is -0.940. The first-order valence-corrected chi connectivity index (χ1v) is 7.22. The molecule has 1 fully saturated rings. The molecule has 5 heteroatoms. The van der Waals surface area contributed by atoms with Gasteiger partial charge in [-0.25, -0.2) is 0 Å². The Kier molecular flexibility index (Phi) is 3.61. The maximum atomic E-state index is 4.22. The van der Waals surface area contributed by atoms with Crippen molar-refractivity contribution in [3.05, 3.63) is 12.2 Å². The van der Waals surface area contributed by atoms with E-state index in [1.54, 1.807) is 0 Å². The van der Waals surface area contributed by atoms with Crippen molar-refractivity contribution in [2.75, 3.05) is 13.1 Å². The molecule has 0 radical (unpaired) electrons. The van der Waals surface area contributed by atoms with Crippen LogP contribution in [-0.4, -0.2) is 44.8 Å². The molecule has 1 saturated carbocycles. The third-order valence-electron chi connectivity index (χ3n) is 4.27. The molecule has 2 unspecified atom stereocenters. The molecular formula is C13H23N5. The molecule has 0 spiro atoms. The monoisotopic (exact) mass is 249 g/mol. The Labute approximate surface area is 109 Å². The van der Waals surface area contributed by atoms with E-state index in [1.807, 2.05) is 6.33 Å². The van der Waals surface area contributed by atoms with Gasteiger partial charge in [0.2, 0.25) is 0 Å². The minimum absolute atomic E-state index is 0.680. The number of rotatable bonds is 4. The van der Waals surface area contributed by atoms with Gasteiger partial charge in [0.15, 0.2) is 0 Å². The SMILES string of the molecule is CCCNC1CCCC1N1CCn2cnnc2C1. The van der Waals surface area contributed by atoms with Gasteiger partial charge in [-0.05, 0) is 25.8 Å². The third-order valence-corrected chi connectivity index (χ3v) is 4.27. The van der Waals surface area contributed by atoms with Crippen molar-refractivity contribution >= 4 is 0 Å². The Balaban J connectivity index is 1.64. The van der Waals surface area contributed by atoms with Crippen molar-refractivity contribution in [3.8, 4) is 0 Å². The number of nitrogens with zero attached hydrogens (tertiary/aromatic N) is 4. The first kappa shape index (κ1) is 12.1. The van der Waals surface area contributed by atoms with Gasteiger partial charge in [-0.15, -0.1) is 10.2 Å². The Morgan fingerprint density at radius 2 is 2.33 bits per heavy atom. The molecule has 1 N–H and O–H groups in total. The lowest BCUT2D eigenvalue weighted by molar-refractivity contribution is 0.134. The van der Waals surface area contributed by atoms with Crippen LogP contribution in [0.2, 0.25) is 0 Å². The average Bonchev–Trinajstić information content (AvgIpc) is 3.03. The van der Waals surface area contributed by atoms with Crippen LogP contribution in [0.15, 0.2) is 6.33 Å². The summed E-state index contributed by atoms with van der Waals surface area (Å²) >= 11 is 0. The van der Waals surface area contributed by atoms with Crippen LogP contribution in [0.4, 0.5) is 0 Å². The van der Waals surface area contributed by atoms with Gasteiger partial charge in [0.05, 0.1) is 6.54 Å². The fourth-order valence-electron chi connectivity index (χ4n) is 3.31. The van der Waals surface area contributed by atoms with Crippen molar-refractivity contribution in [1.82, 2.24) is 25.0 Å². The van der Waals surface area contributed by atoms with Crippen LogP contribution in [0, 0.1) is 0 Å². The van der Waals surface area contributed by atoms with Gasteiger partial charge in [0.25, 0.3) is 0 Å². The van der Waals surface area contributed by atoms with Crippen LogP contribution in [0.1, 0.15) is 38.4 Å². The van der Waals surface area contributed by atoms with E-state index in [9.17, 15) is 0 Å². The number of hydrogen-bond acceptors (Lipinski definition) is 4. The third kappa shape index (κ3) is 2.29. The molecule has 1 aromatic heterocycles. The molecule has 0 bridgehead atoms. The topological polar surface area (TPSA) is 46.0 Å². The second-order valence-corrected chi connectivity index (χ2v) is 5.47. The number of aromatic nitrogens is 3. The summed E-state index contributed by atoms with van der Waals surface area (Å²) < 4.78 is 2.18. The van der Waals surface area contributed by atoms with Gasteiger partial charge < -0.3 is 9.88 Å². The van der Waals surface area contributed by atoms with E-state index in [1.165, 1.54) is 25.7 Å². The van der Waals surface area contributed by atoms with Crippen LogP contribution < -0.4 is 5.32 Å². The second kappa shape index (κ2) is 5.36. The van der Waals surface area contributed by atoms with E-state index in [0.717, 1.165) is 32.0 Å². The minimum atomic E-state index is 0.680. The Bertz CT molecular complexity index is 388. The molecular weight excluding hydrogens is 226 g/mol. The van der Waals surface area contributed by atoms with Gasteiger partial charge in [0.1, 0.15) is 12.2 Å². The highest BCUT2D eigenvalue weighted by atomic mass is 15.3. The zero-order valence-corrected chi connectivity index (χ0v) is 11.2. The highest BCUT2D eigenvalue weighted by molar-refractivity contribution is 4.96. The molecule has 2 atom stereocenters. The first-order chi connectivity index (χ1) is 8.88. The molecule has 1 aliphatic heterocycles. The van der Waals surface area contributed by atoms with Crippen molar-refractivity contribution in [2.45, 2.75) is 57.8 Å². The maximum absolute atomic E-state index is 4.22. The van der Waals surface area contributed by atoms with E-state index >= 15 is 0 Å². The summed E-state index contributed by atoms with van der Waals surface area (Å²) in [4.78, 5) is 2.60. The van der Waals surface area contributed by atoms with Crippen LogP contribution in [0.5, 0.6) is 0 Å². The predicted octanol–water partition coefficient (Wildman–Crippen LogP) is 1.01. The van der Waals surface area contributed by atoms with Crippen LogP contribution in [-0.2, 0) is 13.1 Å². The van der Waals surface area contributed by atoms with Crippen molar-refractivity contribution < 1.29 is 0 Å². The van der Waals surface area contributed by atoms with E-state index in [4.69, 9.17) is 0 Å². The zero-order chi connectivity index (χ0) is 12.4. The summed E-state index contributed by atoms with van der Waals surface area (Å²) in [5.41, 5.74) is 0. The van der Waals surface area contributed by atoms with Crippen molar-refractivity contribution in [2.24, 2.45) is 0 Å². The molecule has 2 heterocycles. The normalized spacial score (nSPS) is 28.5. The van der Waals surface area contributed by atoms with E-state index in [-0.39, 0.29) is 0 Å². The summed E-state index contributed by atoms with van der Waals surface area (Å²) in [6.45, 7) is 6.53. The maximum Gasteiger partial charge on any atom is 0.147 e. The van der Waals surface area contributed by atoms with Gasteiger partial charge in [-0.1, -0.05) is 13.3 Å². The van der Waals surface area contributed by atoms with Crippen LogP contribution in [0.3, 0.4) is 0 Å². The molecule has 18 heavy (non-hydrogen) atoms. The summed E-state index contributed by atoms with van der Waals surface area (Å²) in [6.07, 6.45) is 7.09. The van der Waals surface area contributed by atoms with Crippen LogP contribution >= 0.6 is 0 Å². The minimum Gasteiger partial charge on any atom is -0.315 e. The molecule has 3 rings (SSSR count). The highest BCUT2D eigenvalue weighted by Gasteiger charge is 2.33. The summed E-state index contributed by atoms with van der Waals surface area (Å²) in [5.74, 6) is 1.13. The zero-order valence-electron chi connectivity index (χ0n) is 11.2. The predicted molar refractivity (Wildman–Crippen MR) is 70.2 cm³/mol.